The molecule has 0 fully saturated rings. The van der Waals surface area contributed by atoms with Crippen molar-refractivity contribution in [3.63, 3.8) is 0 Å². The van der Waals surface area contributed by atoms with Crippen LogP contribution in [0.5, 0.6) is 5.75 Å². The minimum atomic E-state index is -0.949. The van der Waals surface area contributed by atoms with Crippen molar-refractivity contribution in [1.82, 2.24) is 10.3 Å². The molecular weight excluding hydrogens is 419 g/mol. The molecule has 31 heavy (non-hydrogen) atoms. The molecule has 0 saturated heterocycles. The lowest BCUT2D eigenvalue weighted by Gasteiger charge is -2.33. The number of nitrogens with one attached hydrogen (secondary N) is 1. The van der Waals surface area contributed by atoms with Crippen molar-refractivity contribution < 1.29 is 18.7 Å². The number of carbonyl (C=O) groups is 2. The summed E-state index contributed by atoms with van der Waals surface area (Å²) < 4.78 is 19.0. The van der Waals surface area contributed by atoms with Crippen LogP contribution in [0.2, 0.25) is 0 Å². The highest BCUT2D eigenvalue weighted by atomic mass is 32.1. The summed E-state index contributed by atoms with van der Waals surface area (Å²) in [5, 5.41) is 4.43. The standard InChI is InChI=1S/C22H27FN4O3S/c23-15-7-5-14(6-8-15)13-18(21(24)28)26-22(29)17-4-1-3-16-19(9-11-30-20(16)17)27(25)10-2-12-31/h1,3-8,18-19,31H,2,9-13,25H2,(H2,24,28)(H,26,29)/t18-,19-/m0/s1. The van der Waals surface area contributed by atoms with Gasteiger partial charge >= 0.3 is 0 Å². The van der Waals surface area contributed by atoms with Crippen molar-refractivity contribution in [3.05, 3.63) is 65.0 Å². The minimum Gasteiger partial charge on any atom is -0.492 e. The van der Waals surface area contributed by atoms with Crippen LogP contribution in [0.4, 0.5) is 4.39 Å². The van der Waals surface area contributed by atoms with E-state index in [2.05, 4.69) is 17.9 Å². The number of primary amides is 1. The summed E-state index contributed by atoms with van der Waals surface area (Å²) in [6, 6.07) is 9.96. The number of ether oxygens (including phenoxy) is 1. The maximum absolute atomic E-state index is 13.1. The third-order valence-electron chi connectivity index (χ3n) is 5.26. The zero-order valence-corrected chi connectivity index (χ0v) is 18.0. The summed E-state index contributed by atoms with van der Waals surface area (Å²) >= 11 is 4.23. The lowest BCUT2D eigenvalue weighted by molar-refractivity contribution is -0.119. The van der Waals surface area contributed by atoms with E-state index in [1.807, 2.05) is 6.07 Å². The minimum absolute atomic E-state index is 0.0810. The number of nitrogens with zero attached hydrogens (tertiary/aromatic N) is 1. The van der Waals surface area contributed by atoms with Crippen LogP contribution in [0.1, 0.15) is 40.4 Å². The van der Waals surface area contributed by atoms with Crippen LogP contribution >= 0.6 is 12.6 Å². The van der Waals surface area contributed by atoms with Gasteiger partial charge in [-0.1, -0.05) is 24.3 Å². The number of benzene rings is 2. The quantitative estimate of drug-likeness (QED) is 0.267. The molecule has 0 spiro atoms. The van der Waals surface area contributed by atoms with Crippen molar-refractivity contribution in [2.45, 2.75) is 31.3 Å². The summed E-state index contributed by atoms with van der Waals surface area (Å²) in [6.07, 6.45) is 1.70. The Hall–Kier alpha value is -2.62. The number of thiol groups is 1. The Balaban J connectivity index is 1.79. The molecule has 0 unspecified atom stereocenters. The third-order valence-corrected chi connectivity index (χ3v) is 5.58. The van der Waals surface area contributed by atoms with Gasteiger partial charge in [0.2, 0.25) is 5.91 Å². The van der Waals surface area contributed by atoms with E-state index >= 15 is 0 Å². The molecule has 3 rings (SSSR count). The normalized spacial score (nSPS) is 16.3. The van der Waals surface area contributed by atoms with Gasteiger partial charge in [0.05, 0.1) is 18.2 Å². The highest BCUT2D eigenvalue weighted by Gasteiger charge is 2.30. The molecule has 2 atom stereocenters. The van der Waals surface area contributed by atoms with Crippen LogP contribution in [-0.2, 0) is 11.2 Å². The van der Waals surface area contributed by atoms with E-state index < -0.39 is 17.9 Å². The number of rotatable bonds is 9. The number of nitrogens with two attached hydrogens (primary N) is 2. The van der Waals surface area contributed by atoms with Crippen molar-refractivity contribution >= 4 is 24.4 Å². The second-order valence-electron chi connectivity index (χ2n) is 7.45. The average molecular weight is 447 g/mol. The van der Waals surface area contributed by atoms with Gasteiger partial charge in [0.15, 0.2) is 0 Å². The number of fused-ring (bicyclic) bond motifs is 1. The van der Waals surface area contributed by atoms with Crippen LogP contribution in [0.25, 0.3) is 0 Å². The Morgan fingerprint density at radius 3 is 2.68 bits per heavy atom. The predicted molar refractivity (Wildman–Crippen MR) is 119 cm³/mol. The molecule has 7 nitrogen and oxygen atoms in total. The van der Waals surface area contributed by atoms with E-state index in [0.717, 1.165) is 17.7 Å². The molecular formula is C22H27FN4O3S. The van der Waals surface area contributed by atoms with Crippen LogP contribution in [-0.4, -0.2) is 41.8 Å². The molecule has 0 aliphatic carbocycles. The van der Waals surface area contributed by atoms with Gasteiger partial charge in [-0.3, -0.25) is 15.4 Å². The summed E-state index contributed by atoms with van der Waals surface area (Å²) in [7, 11) is 0. The maximum atomic E-state index is 13.1. The van der Waals surface area contributed by atoms with Crippen LogP contribution in [0, 0.1) is 5.82 Å². The van der Waals surface area contributed by atoms with E-state index in [1.165, 1.54) is 12.1 Å². The number of amides is 2. The number of carbonyl (C=O) groups excluding carboxylic acids is 2. The van der Waals surface area contributed by atoms with Gasteiger partial charge in [-0.05, 0) is 35.9 Å². The van der Waals surface area contributed by atoms with Gasteiger partial charge in [-0.2, -0.15) is 12.6 Å². The van der Waals surface area contributed by atoms with Crippen molar-refractivity contribution in [1.29, 1.82) is 0 Å². The molecule has 2 aromatic carbocycles. The summed E-state index contributed by atoms with van der Waals surface area (Å²) in [6.45, 7) is 1.09. The number of hydrogen-bond donors (Lipinski definition) is 4. The van der Waals surface area contributed by atoms with E-state index in [-0.39, 0.29) is 18.3 Å². The van der Waals surface area contributed by atoms with Gasteiger partial charge in [-0.25, -0.2) is 9.40 Å². The molecule has 2 amide bonds. The first-order valence-electron chi connectivity index (χ1n) is 10.1. The van der Waals surface area contributed by atoms with E-state index in [1.54, 1.807) is 29.3 Å². The first-order valence-corrected chi connectivity index (χ1v) is 10.8. The van der Waals surface area contributed by atoms with Crippen LogP contribution in [0.3, 0.4) is 0 Å². The molecule has 0 saturated carbocycles. The first-order chi connectivity index (χ1) is 14.9. The Kier molecular flexibility index (Phi) is 7.89. The molecule has 0 bridgehead atoms. The summed E-state index contributed by atoms with van der Waals surface area (Å²) in [5.74, 6) is 5.91. The molecule has 2 aromatic rings. The molecule has 166 valence electrons. The lowest BCUT2D eigenvalue weighted by atomic mass is 9.96. The summed E-state index contributed by atoms with van der Waals surface area (Å²) in [4.78, 5) is 25.0. The zero-order valence-electron chi connectivity index (χ0n) is 17.1. The van der Waals surface area contributed by atoms with Crippen molar-refractivity contribution in [2.75, 3.05) is 18.9 Å². The van der Waals surface area contributed by atoms with Gasteiger partial charge in [0.1, 0.15) is 17.6 Å². The van der Waals surface area contributed by atoms with Crippen molar-refractivity contribution in [3.8, 4) is 5.75 Å². The second kappa shape index (κ2) is 10.6. The highest BCUT2D eigenvalue weighted by molar-refractivity contribution is 7.80. The van der Waals surface area contributed by atoms with Gasteiger partial charge in [0, 0.05) is 24.9 Å². The molecule has 0 radical (unpaired) electrons. The Morgan fingerprint density at radius 2 is 2.00 bits per heavy atom. The Morgan fingerprint density at radius 1 is 1.26 bits per heavy atom. The maximum Gasteiger partial charge on any atom is 0.255 e. The zero-order chi connectivity index (χ0) is 22.4. The molecule has 1 aliphatic rings. The number of halogens is 1. The topological polar surface area (TPSA) is 111 Å². The number of para-hydroxylation sites is 1. The van der Waals surface area contributed by atoms with Crippen LogP contribution in [0.15, 0.2) is 42.5 Å². The largest absolute Gasteiger partial charge is 0.492 e. The van der Waals surface area contributed by atoms with E-state index in [4.69, 9.17) is 16.3 Å². The smallest absolute Gasteiger partial charge is 0.255 e. The predicted octanol–water partition coefficient (Wildman–Crippen LogP) is 1.97. The van der Waals surface area contributed by atoms with Crippen LogP contribution < -0.4 is 21.6 Å². The molecule has 1 aliphatic heterocycles. The van der Waals surface area contributed by atoms with Gasteiger partial charge < -0.3 is 15.8 Å². The fraction of sp³-hybridized carbons (Fsp3) is 0.364. The van der Waals surface area contributed by atoms with Gasteiger partial charge in [0.25, 0.3) is 5.91 Å². The van der Waals surface area contributed by atoms with E-state index in [9.17, 15) is 14.0 Å². The Bertz CT molecular complexity index is 925. The molecule has 5 N–H and O–H groups in total. The second-order valence-corrected chi connectivity index (χ2v) is 7.90. The number of hydrogen-bond acceptors (Lipinski definition) is 6. The SMILES string of the molecule is NC(=O)[C@H](Cc1ccc(F)cc1)NC(=O)c1cccc2c1OCC[C@@H]2N(N)CCCS. The van der Waals surface area contributed by atoms with Gasteiger partial charge in [-0.15, -0.1) is 0 Å². The molecule has 1 heterocycles. The molecule has 0 aromatic heterocycles. The lowest BCUT2D eigenvalue weighted by Crippen LogP contribution is -2.46. The summed E-state index contributed by atoms with van der Waals surface area (Å²) in [5.41, 5.74) is 7.32. The molecule has 9 heteroatoms. The Labute approximate surface area is 186 Å². The van der Waals surface area contributed by atoms with Crippen molar-refractivity contribution in [2.24, 2.45) is 11.6 Å². The third kappa shape index (κ3) is 5.75. The number of hydrazine groups is 1. The van der Waals surface area contributed by atoms with E-state index in [0.29, 0.717) is 36.4 Å². The highest BCUT2D eigenvalue weighted by Crippen LogP contribution is 2.37. The first kappa shape index (κ1) is 23.1. The average Bonchev–Trinajstić information content (AvgIpc) is 2.77. The fourth-order valence-corrected chi connectivity index (χ4v) is 3.80. The monoisotopic (exact) mass is 446 g/mol. The fourth-order valence-electron chi connectivity index (χ4n) is 3.65.